The fourth-order valence-electron chi connectivity index (χ4n) is 3.65. The average molecular weight is 451 g/mol. The minimum atomic E-state index is -1.37. The van der Waals surface area contributed by atoms with Gasteiger partial charge in [-0.2, -0.15) is 0 Å². The van der Waals surface area contributed by atoms with Crippen LogP contribution in [0.2, 0.25) is 5.02 Å². The predicted molar refractivity (Wildman–Crippen MR) is 116 cm³/mol. The molecule has 0 fully saturated rings. The zero-order valence-corrected chi connectivity index (χ0v) is 17.4. The van der Waals surface area contributed by atoms with Crippen molar-refractivity contribution in [1.29, 1.82) is 0 Å². The lowest BCUT2D eigenvalue weighted by Gasteiger charge is -2.19. The Labute approximate surface area is 185 Å². The second-order valence-corrected chi connectivity index (χ2v) is 7.50. The molecule has 0 bridgehead atoms. The highest BCUT2D eigenvalue weighted by atomic mass is 35.5. The minimum Gasteiger partial charge on any atom is -0.480 e. The van der Waals surface area contributed by atoms with E-state index in [1.807, 2.05) is 17.0 Å². The van der Waals surface area contributed by atoms with E-state index in [0.717, 1.165) is 11.3 Å². The maximum Gasteiger partial charge on any atom is 0.341 e. The number of hydrogen-bond donors (Lipinski definition) is 1. The van der Waals surface area contributed by atoms with Gasteiger partial charge in [-0.3, -0.25) is 14.3 Å². The van der Waals surface area contributed by atoms with E-state index in [0.29, 0.717) is 18.9 Å². The summed E-state index contributed by atoms with van der Waals surface area (Å²) in [6.45, 7) is 1.06. The predicted octanol–water partition coefficient (Wildman–Crippen LogP) is 2.45. The van der Waals surface area contributed by atoms with Gasteiger partial charge in [0, 0.05) is 18.9 Å². The van der Waals surface area contributed by atoms with Crippen LogP contribution in [0.25, 0.3) is 16.9 Å². The third-order valence-electron chi connectivity index (χ3n) is 5.20. The molecule has 5 heterocycles. The Morgan fingerprint density at radius 3 is 2.75 bits per heavy atom. The standard InChI is InChI=1S/C21H15ClN6O4/c1-32-17-7-24-16(6-25-17)28-9-13(21(30)31)18(29)12-5-14(22)20(26-19(12)28)27-8-11-3-2-4-23-15(11)10-27/h2-7,9H,8,10H2,1H3,(H,30,31). The van der Waals surface area contributed by atoms with Crippen LogP contribution < -0.4 is 15.1 Å². The van der Waals surface area contributed by atoms with Gasteiger partial charge in [0.05, 0.1) is 42.2 Å². The van der Waals surface area contributed by atoms with Crippen LogP contribution in [-0.2, 0) is 13.1 Å². The lowest BCUT2D eigenvalue weighted by molar-refractivity contribution is 0.0695. The van der Waals surface area contributed by atoms with Crippen LogP contribution in [0.5, 0.6) is 5.88 Å². The summed E-state index contributed by atoms with van der Waals surface area (Å²) < 4.78 is 6.44. The maximum atomic E-state index is 12.8. The van der Waals surface area contributed by atoms with Crippen molar-refractivity contribution in [3.63, 3.8) is 0 Å². The largest absolute Gasteiger partial charge is 0.480 e. The number of fused-ring (bicyclic) bond motifs is 2. The molecule has 0 saturated heterocycles. The van der Waals surface area contributed by atoms with E-state index in [4.69, 9.17) is 16.3 Å². The first kappa shape index (κ1) is 19.9. The summed E-state index contributed by atoms with van der Waals surface area (Å²) in [6.07, 6.45) is 5.71. The molecule has 160 valence electrons. The molecule has 0 spiro atoms. The van der Waals surface area contributed by atoms with Crippen molar-refractivity contribution in [1.82, 2.24) is 24.5 Å². The number of aromatic carboxylic acids is 1. The number of methoxy groups -OCH3 is 1. The quantitative estimate of drug-likeness (QED) is 0.499. The smallest absolute Gasteiger partial charge is 0.341 e. The molecular formula is C21H15ClN6O4. The fraction of sp³-hybridized carbons (Fsp3) is 0.143. The third-order valence-corrected chi connectivity index (χ3v) is 5.48. The number of anilines is 1. The molecule has 0 unspecified atom stereocenters. The zero-order chi connectivity index (χ0) is 22.4. The van der Waals surface area contributed by atoms with E-state index in [9.17, 15) is 14.7 Å². The number of aromatic nitrogens is 5. The minimum absolute atomic E-state index is 0.0612. The normalized spacial score (nSPS) is 12.8. The summed E-state index contributed by atoms with van der Waals surface area (Å²) in [5.74, 6) is -0.356. The van der Waals surface area contributed by atoms with Crippen LogP contribution >= 0.6 is 11.6 Å². The molecular weight excluding hydrogens is 436 g/mol. The van der Waals surface area contributed by atoms with Crippen LogP contribution in [0.3, 0.4) is 0 Å². The van der Waals surface area contributed by atoms with Crippen molar-refractivity contribution in [2.45, 2.75) is 13.1 Å². The van der Waals surface area contributed by atoms with Gasteiger partial charge in [0.1, 0.15) is 5.56 Å². The highest BCUT2D eigenvalue weighted by Gasteiger charge is 2.25. The molecule has 0 atom stereocenters. The Bertz CT molecular complexity index is 1410. The number of hydrogen-bond acceptors (Lipinski definition) is 8. The van der Waals surface area contributed by atoms with Crippen LogP contribution in [0.15, 0.2) is 47.8 Å². The van der Waals surface area contributed by atoms with Crippen molar-refractivity contribution in [2.24, 2.45) is 0 Å². The zero-order valence-electron chi connectivity index (χ0n) is 16.7. The van der Waals surface area contributed by atoms with Gasteiger partial charge >= 0.3 is 5.97 Å². The molecule has 4 aromatic rings. The van der Waals surface area contributed by atoms with Gasteiger partial charge in [-0.15, -0.1) is 0 Å². The van der Waals surface area contributed by atoms with Crippen molar-refractivity contribution < 1.29 is 14.6 Å². The summed E-state index contributed by atoms with van der Waals surface area (Å²) in [7, 11) is 1.46. The summed E-state index contributed by atoms with van der Waals surface area (Å²) >= 11 is 6.50. The molecule has 0 saturated carbocycles. The third kappa shape index (κ3) is 3.21. The van der Waals surface area contributed by atoms with Crippen molar-refractivity contribution in [3.05, 3.63) is 75.1 Å². The van der Waals surface area contributed by atoms with E-state index in [1.165, 1.54) is 36.3 Å². The molecule has 1 N–H and O–H groups in total. The first-order chi connectivity index (χ1) is 15.5. The number of carboxylic acid groups (broad SMARTS) is 1. The maximum absolute atomic E-state index is 12.8. The molecule has 0 amide bonds. The molecule has 5 rings (SSSR count). The van der Waals surface area contributed by atoms with Crippen LogP contribution in [0, 0.1) is 0 Å². The first-order valence-corrected chi connectivity index (χ1v) is 9.87. The van der Waals surface area contributed by atoms with Gasteiger partial charge in [-0.1, -0.05) is 17.7 Å². The first-order valence-electron chi connectivity index (χ1n) is 9.49. The number of ether oxygens (including phenoxy) is 1. The lowest BCUT2D eigenvalue weighted by atomic mass is 10.2. The van der Waals surface area contributed by atoms with E-state index in [-0.39, 0.29) is 27.8 Å². The van der Waals surface area contributed by atoms with Gasteiger partial charge < -0.3 is 14.7 Å². The summed E-state index contributed by atoms with van der Waals surface area (Å²) in [4.78, 5) is 43.9. The lowest BCUT2D eigenvalue weighted by Crippen LogP contribution is -2.22. The van der Waals surface area contributed by atoms with Crippen LogP contribution in [-0.4, -0.2) is 42.7 Å². The molecule has 11 heteroatoms. The van der Waals surface area contributed by atoms with E-state index >= 15 is 0 Å². The fourth-order valence-corrected chi connectivity index (χ4v) is 3.92. The van der Waals surface area contributed by atoms with Gasteiger partial charge in [0.25, 0.3) is 0 Å². The Kier molecular flexibility index (Phi) is 4.71. The molecule has 1 aliphatic heterocycles. The van der Waals surface area contributed by atoms with Crippen LogP contribution in [0.1, 0.15) is 21.6 Å². The highest BCUT2D eigenvalue weighted by Crippen LogP contribution is 2.33. The second-order valence-electron chi connectivity index (χ2n) is 7.09. The van der Waals surface area contributed by atoms with Crippen molar-refractivity contribution in [3.8, 4) is 11.7 Å². The Morgan fingerprint density at radius 2 is 2.06 bits per heavy atom. The summed E-state index contributed by atoms with van der Waals surface area (Å²) in [6, 6.07) is 5.29. The van der Waals surface area contributed by atoms with Crippen LogP contribution in [0.4, 0.5) is 5.82 Å². The number of halogens is 1. The van der Waals surface area contributed by atoms with Gasteiger partial charge in [0.15, 0.2) is 17.3 Å². The number of pyridine rings is 3. The number of rotatable bonds is 4. The average Bonchev–Trinajstić information content (AvgIpc) is 3.23. The van der Waals surface area contributed by atoms with Gasteiger partial charge in [-0.25, -0.2) is 19.7 Å². The summed E-state index contributed by atoms with van der Waals surface area (Å²) in [5.41, 5.74) is 1.08. The molecule has 32 heavy (non-hydrogen) atoms. The van der Waals surface area contributed by atoms with Crippen molar-refractivity contribution in [2.75, 3.05) is 12.0 Å². The SMILES string of the molecule is COc1cnc(-n2cc(C(=O)O)c(=O)c3cc(Cl)c(N4Cc5cccnc5C4)nc32)cn1. The number of carbonyl (C=O) groups is 1. The highest BCUT2D eigenvalue weighted by molar-refractivity contribution is 6.33. The summed E-state index contributed by atoms with van der Waals surface area (Å²) in [5, 5.41) is 9.83. The topological polar surface area (TPSA) is 123 Å². The molecule has 4 aromatic heterocycles. The molecule has 0 aromatic carbocycles. The molecule has 1 aliphatic rings. The van der Waals surface area contributed by atoms with E-state index < -0.39 is 17.0 Å². The Hall–Kier alpha value is -4.05. The molecule has 10 nitrogen and oxygen atoms in total. The second kappa shape index (κ2) is 7.57. The van der Waals surface area contributed by atoms with E-state index in [1.54, 1.807) is 6.20 Å². The van der Waals surface area contributed by atoms with Gasteiger partial charge in [0.2, 0.25) is 11.3 Å². The van der Waals surface area contributed by atoms with Gasteiger partial charge in [-0.05, 0) is 17.7 Å². The number of nitrogens with zero attached hydrogens (tertiary/aromatic N) is 6. The molecule has 0 radical (unpaired) electrons. The monoisotopic (exact) mass is 450 g/mol. The number of carboxylic acids is 1. The Morgan fingerprint density at radius 1 is 1.22 bits per heavy atom. The Balaban J connectivity index is 1.72. The van der Waals surface area contributed by atoms with E-state index in [2.05, 4.69) is 19.9 Å². The van der Waals surface area contributed by atoms with Crippen molar-refractivity contribution >= 4 is 34.4 Å². The molecule has 0 aliphatic carbocycles.